The molecule has 10 heteroatoms. The number of hydrogen-bond donors (Lipinski definition) is 0. The third kappa shape index (κ3) is 4.59. The van der Waals surface area contributed by atoms with Crippen molar-refractivity contribution in [3.05, 3.63) is 29.2 Å². The first-order valence-electron chi connectivity index (χ1n) is 10.2. The molecule has 2 aromatic heterocycles. The predicted molar refractivity (Wildman–Crippen MR) is 101 cm³/mol. The van der Waals surface area contributed by atoms with E-state index in [2.05, 4.69) is 10.1 Å². The number of aromatic nitrogens is 3. The molecular weight excluding hydrogens is 401 g/mol. The van der Waals surface area contributed by atoms with Gasteiger partial charge >= 0.3 is 6.18 Å². The summed E-state index contributed by atoms with van der Waals surface area (Å²) in [6.07, 6.45) is -0.712. The summed E-state index contributed by atoms with van der Waals surface area (Å²) in [7, 11) is 0. The monoisotopic (exact) mass is 426 g/mol. The largest absolute Gasteiger partial charge is 0.433 e. The predicted octanol–water partition coefficient (Wildman–Crippen LogP) is 2.96. The maximum absolute atomic E-state index is 13.3. The lowest BCUT2D eigenvalue weighted by Gasteiger charge is -2.23. The molecule has 0 aromatic carbocycles. The van der Waals surface area contributed by atoms with E-state index >= 15 is 0 Å². The standard InChI is InChI=1S/C20H25F3N4O3/c1-13-8-17(20(21,22)23)27-18(24-13)9-16(25-27)14-5-6-26(10-14)19(28)12-29-11-15-4-2-3-7-30-15/h8-9,14-15H,2-7,10-12H2,1H3/t14-,15-/m1/s1. The number of aryl methyl sites for hydroxylation is 1. The zero-order valence-corrected chi connectivity index (χ0v) is 16.8. The molecule has 2 saturated heterocycles. The molecule has 4 heterocycles. The first-order chi connectivity index (χ1) is 14.3. The van der Waals surface area contributed by atoms with Gasteiger partial charge in [-0.25, -0.2) is 9.50 Å². The van der Waals surface area contributed by atoms with E-state index in [-0.39, 0.29) is 35.9 Å². The topological polar surface area (TPSA) is 69.0 Å². The fourth-order valence-electron chi connectivity index (χ4n) is 4.06. The van der Waals surface area contributed by atoms with Gasteiger partial charge < -0.3 is 14.4 Å². The van der Waals surface area contributed by atoms with E-state index in [1.807, 2.05) is 0 Å². The second kappa shape index (κ2) is 8.50. The Bertz CT molecular complexity index is 909. The number of carbonyl (C=O) groups excluding carboxylic acids is 1. The van der Waals surface area contributed by atoms with Gasteiger partial charge in [0, 0.05) is 37.4 Å². The van der Waals surface area contributed by atoms with Crippen molar-refractivity contribution >= 4 is 11.6 Å². The van der Waals surface area contributed by atoms with Gasteiger partial charge in [-0.2, -0.15) is 18.3 Å². The molecule has 2 aromatic rings. The molecule has 0 aliphatic carbocycles. The molecule has 4 rings (SSSR count). The summed E-state index contributed by atoms with van der Waals surface area (Å²) in [5.41, 5.74) is 0.118. The molecule has 7 nitrogen and oxygen atoms in total. The van der Waals surface area contributed by atoms with Gasteiger partial charge in [-0.3, -0.25) is 4.79 Å². The summed E-state index contributed by atoms with van der Waals surface area (Å²) in [4.78, 5) is 18.3. The Morgan fingerprint density at radius 1 is 1.30 bits per heavy atom. The SMILES string of the molecule is Cc1cc(C(F)(F)F)n2nc([C@@H]3CCN(C(=O)COC[C@H]4CCCCO4)C3)cc2n1. The van der Waals surface area contributed by atoms with E-state index in [4.69, 9.17) is 9.47 Å². The second-order valence-electron chi connectivity index (χ2n) is 7.95. The van der Waals surface area contributed by atoms with E-state index in [9.17, 15) is 18.0 Å². The van der Waals surface area contributed by atoms with E-state index in [0.29, 0.717) is 31.8 Å². The summed E-state index contributed by atoms with van der Waals surface area (Å²) < 4.78 is 52.0. The summed E-state index contributed by atoms with van der Waals surface area (Å²) in [5, 5.41) is 4.17. The van der Waals surface area contributed by atoms with Crippen LogP contribution in [0.4, 0.5) is 13.2 Å². The number of fused-ring (bicyclic) bond motifs is 1. The van der Waals surface area contributed by atoms with Crippen molar-refractivity contribution in [2.24, 2.45) is 0 Å². The Labute approximate surface area is 172 Å². The average molecular weight is 426 g/mol. The van der Waals surface area contributed by atoms with Gasteiger partial charge in [0.1, 0.15) is 12.3 Å². The minimum Gasteiger partial charge on any atom is -0.376 e. The fourth-order valence-corrected chi connectivity index (χ4v) is 4.06. The van der Waals surface area contributed by atoms with E-state index < -0.39 is 11.9 Å². The van der Waals surface area contributed by atoms with Crippen LogP contribution in [-0.4, -0.2) is 64.4 Å². The summed E-state index contributed by atoms with van der Waals surface area (Å²) >= 11 is 0. The van der Waals surface area contributed by atoms with Crippen LogP contribution in [0.2, 0.25) is 0 Å². The number of hydrogen-bond acceptors (Lipinski definition) is 5. The van der Waals surface area contributed by atoms with Gasteiger partial charge in [0.2, 0.25) is 5.91 Å². The minimum absolute atomic E-state index is 0.0171. The van der Waals surface area contributed by atoms with Crippen LogP contribution in [0.3, 0.4) is 0 Å². The average Bonchev–Trinajstić information content (AvgIpc) is 3.34. The van der Waals surface area contributed by atoms with Crippen molar-refractivity contribution in [2.75, 3.05) is 32.9 Å². The highest BCUT2D eigenvalue weighted by Gasteiger charge is 2.36. The van der Waals surface area contributed by atoms with Crippen molar-refractivity contribution < 1.29 is 27.4 Å². The highest BCUT2D eigenvalue weighted by molar-refractivity contribution is 5.77. The van der Waals surface area contributed by atoms with Gasteiger partial charge in [0.25, 0.3) is 0 Å². The first kappa shape index (κ1) is 21.0. The number of likely N-dealkylation sites (tertiary alicyclic amines) is 1. The van der Waals surface area contributed by atoms with Gasteiger partial charge in [-0.05, 0) is 38.7 Å². The van der Waals surface area contributed by atoms with Crippen LogP contribution >= 0.6 is 0 Å². The number of halogens is 3. The molecule has 164 valence electrons. The van der Waals surface area contributed by atoms with E-state index in [1.165, 1.54) is 6.92 Å². The third-order valence-corrected chi connectivity index (χ3v) is 5.63. The molecule has 0 N–H and O–H groups in total. The lowest BCUT2D eigenvalue weighted by atomic mass is 10.1. The van der Waals surface area contributed by atoms with Crippen molar-refractivity contribution in [1.29, 1.82) is 0 Å². The van der Waals surface area contributed by atoms with Gasteiger partial charge in [0.05, 0.1) is 18.4 Å². The number of carbonyl (C=O) groups is 1. The summed E-state index contributed by atoms with van der Waals surface area (Å²) in [6, 6.07) is 2.57. The van der Waals surface area contributed by atoms with Crippen LogP contribution in [0.15, 0.2) is 12.1 Å². The molecule has 0 unspecified atom stereocenters. The maximum Gasteiger partial charge on any atom is 0.433 e. The molecule has 2 aliphatic heterocycles. The number of rotatable bonds is 5. The molecular formula is C20H25F3N4O3. The second-order valence-corrected chi connectivity index (χ2v) is 7.95. The van der Waals surface area contributed by atoms with Crippen LogP contribution in [-0.2, 0) is 20.4 Å². The van der Waals surface area contributed by atoms with Gasteiger partial charge in [-0.15, -0.1) is 0 Å². The molecule has 2 atom stereocenters. The third-order valence-electron chi connectivity index (χ3n) is 5.63. The van der Waals surface area contributed by atoms with Crippen molar-refractivity contribution in [3.8, 4) is 0 Å². The summed E-state index contributed by atoms with van der Waals surface area (Å²) in [6.45, 7) is 3.58. The summed E-state index contributed by atoms with van der Waals surface area (Å²) in [5.74, 6) is -0.249. The highest BCUT2D eigenvalue weighted by Crippen LogP contribution is 2.32. The Kier molecular flexibility index (Phi) is 5.97. The number of amides is 1. The van der Waals surface area contributed by atoms with Crippen LogP contribution in [0.25, 0.3) is 5.65 Å². The Morgan fingerprint density at radius 2 is 2.13 bits per heavy atom. The lowest BCUT2D eigenvalue weighted by Crippen LogP contribution is -2.33. The van der Waals surface area contributed by atoms with Crippen molar-refractivity contribution in [3.63, 3.8) is 0 Å². The molecule has 1 amide bonds. The molecule has 0 bridgehead atoms. The number of nitrogens with zero attached hydrogens (tertiary/aromatic N) is 4. The number of ether oxygens (including phenoxy) is 2. The molecule has 0 saturated carbocycles. The molecule has 0 radical (unpaired) electrons. The minimum atomic E-state index is -4.52. The smallest absolute Gasteiger partial charge is 0.376 e. The lowest BCUT2D eigenvalue weighted by molar-refractivity contribution is -0.142. The number of alkyl halides is 3. The normalized spacial score (nSPS) is 22.7. The zero-order chi connectivity index (χ0) is 21.3. The zero-order valence-electron chi connectivity index (χ0n) is 16.8. The fraction of sp³-hybridized carbons (Fsp3) is 0.650. The molecule has 30 heavy (non-hydrogen) atoms. The van der Waals surface area contributed by atoms with Crippen LogP contribution < -0.4 is 0 Å². The molecule has 2 fully saturated rings. The Hall–Kier alpha value is -2.20. The Morgan fingerprint density at radius 3 is 2.87 bits per heavy atom. The maximum atomic E-state index is 13.3. The van der Waals surface area contributed by atoms with Crippen LogP contribution in [0, 0.1) is 6.92 Å². The van der Waals surface area contributed by atoms with Gasteiger partial charge in [-0.1, -0.05) is 0 Å². The Balaban J connectivity index is 1.38. The van der Waals surface area contributed by atoms with Gasteiger partial charge in [0.15, 0.2) is 5.65 Å². The van der Waals surface area contributed by atoms with E-state index in [1.54, 1.807) is 11.0 Å². The van der Waals surface area contributed by atoms with Crippen molar-refractivity contribution in [2.45, 2.75) is 50.8 Å². The molecule has 0 spiro atoms. The van der Waals surface area contributed by atoms with Crippen molar-refractivity contribution in [1.82, 2.24) is 19.5 Å². The van der Waals surface area contributed by atoms with Crippen LogP contribution in [0.5, 0.6) is 0 Å². The quantitative estimate of drug-likeness (QED) is 0.735. The molecule has 2 aliphatic rings. The first-order valence-corrected chi connectivity index (χ1v) is 10.2. The van der Waals surface area contributed by atoms with Crippen LogP contribution in [0.1, 0.15) is 48.7 Å². The van der Waals surface area contributed by atoms with E-state index in [0.717, 1.165) is 36.5 Å². The highest BCUT2D eigenvalue weighted by atomic mass is 19.4.